The minimum absolute atomic E-state index is 0.113. The molecule has 0 aliphatic carbocycles. The molecular formula is C20H26OS. The molecule has 0 N–H and O–H groups in total. The first-order chi connectivity index (χ1) is 10.8. The highest BCUT2D eigenvalue weighted by atomic mass is 32.2. The fraction of sp³-hybridized carbons (Fsp3) is 0.400. The highest BCUT2D eigenvalue weighted by molar-refractivity contribution is 7.98. The van der Waals surface area contributed by atoms with Gasteiger partial charge in [-0.1, -0.05) is 60.7 Å². The number of benzene rings is 2. The van der Waals surface area contributed by atoms with E-state index in [1.165, 1.54) is 23.3 Å². The number of ether oxygens (including phenoxy) is 1. The van der Waals surface area contributed by atoms with E-state index in [-0.39, 0.29) is 5.60 Å². The van der Waals surface area contributed by atoms with Gasteiger partial charge in [0.1, 0.15) is 0 Å². The Bertz CT molecular complexity index is 482. The maximum absolute atomic E-state index is 6.08. The summed E-state index contributed by atoms with van der Waals surface area (Å²) >= 11 is 1.91. The maximum Gasteiger partial charge on any atom is 0.0759 e. The number of thioether (sulfide) groups is 1. The van der Waals surface area contributed by atoms with Crippen LogP contribution in [0.1, 0.15) is 24.0 Å². The lowest BCUT2D eigenvalue weighted by Crippen LogP contribution is -2.37. The zero-order valence-corrected chi connectivity index (χ0v) is 14.4. The van der Waals surface area contributed by atoms with Crippen LogP contribution in [0, 0.1) is 0 Å². The van der Waals surface area contributed by atoms with Crippen LogP contribution >= 0.6 is 11.8 Å². The molecule has 2 aromatic carbocycles. The summed E-state index contributed by atoms with van der Waals surface area (Å²) in [4.78, 5) is 0. The zero-order chi connectivity index (χ0) is 15.7. The van der Waals surface area contributed by atoms with Gasteiger partial charge in [0, 0.05) is 20.0 Å². The van der Waals surface area contributed by atoms with Crippen LogP contribution in [-0.4, -0.2) is 24.7 Å². The van der Waals surface area contributed by atoms with Gasteiger partial charge in [-0.25, -0.2) is 0 Å². The molecule has 0 aliphatic rings. The van der Waals surface area contributed by atoms with E-state index in [1.807, 2.05) is 18.9 Å². The lowest BCUT2D eigenvalue weighted by Gasteiger charge is -2.33. The van der Waals surface area contributed by atoms with Gasteiger partial charge in [0.05, 0.1) is 5.60 Å². The van der Waals surface area contributed by atoms with Crippen LogP contribution in [0.15, 0.2) is 60.7 Å². The first-order valence-corrected chi connectivity index (χ1v) is 9.29. The maximum atomic E-state index is 6.08. The molecule has 0 atom stereocenters. The van der Waals surface area contributed by atoms with Crippen LogP contribution < -0.4 is 0 Å². The summed E-state index contributed by atoms with van der Waals surface area (Å²) in [6.07, 6.45) is 6.38. The molecule has 0 radical (unpaired) electrons. The van der Waals surface area contributed by atoms with Crippen molar-refractivity contribution in [1.29, 1.82) is 0 Å². The molecule has 0 saturated carbocycles. The Morgan fingerprint density at radius 3 is 1.77 bits per heavy atom. The van der Waals surface area contributed by atoms with Crippen molar-refractivity contribution in [1.82, 2.24) is 0 Å². The monoisotopic (exact) mass is 314 g/mol. The third-order valence-corrected chi connectivity index (χ3v) is 4.85. The van der Waals surface area contributed by atoms with Crippen molar-refractivity contribution < 1.29 is 4.74 Å². The smallest absolute Gasteiger partial charge is 0.0759 e. The summed E-state index contributed by atoms with van der Waals surface area (Å²) in [6, 6.07) is 21.4. The van der Waals surface area contributed by atoms with Crippen molar-refractivity contribution in [2.45, 2.75) is 31.3 Å². The molecule has 2 heteroatoms. The van der Waals surface area contributed by atoms with E-state index in [0.29, 0.717) is 0 Å². The average Bonchev–Trinajstić information content (AvgIpc) is 2.57. The number of hydrogen-bond donors (Lipinski definition) is 0. The normalized spacial score (nSPS) is 11.5. The SMILES string of the molecule is COC(CCCSC)(Cc1ccccc1)Cc1ccccc1. The summed E-state index contributed by atoms with van der Waals surface area (Å²) in [5.74, 6) is 1.19. The molecule has 0 fully saturated rings. The fourth-order valence-corrected chi connectivity index (χ4v) is 3.39. The quantitative estimate of drug-likeness (QED) is 0.602. The van der Waals surface area contributed by atoms with E-state index in [1.54, 1.807) is 0 Å². The van der Waals surface area contributed by atoms with Gasteiger partial charge in [-0.3, -0.25) is 0 Å². The van der Waals surface area contributed by atoms with Gasteiger partial charge in [-0.2, -0.15) is 11.8 Å². The van der Waals surface area contributed by atoms with Crippen LogP contribution in [-0.2, 0) is 17.6 Å². The van der Waals surface area contributed by atoms with Crippen molar-refractivity contribution in [3.8, 4) is 0 Å². The second-order valence-electron chi connectivity index (χ2n) is 5.81. The molecule has 0 spiro atoms. The summed E-state index contributed by atoms with van der Waals surface area (Å²) < 4.78 is 6.08. The highest BCUT2D eigenvalue weighted by Gasteiger charge is 2.30. The fourth-order valence-electron chi connectivity index (χ4n) is 2.96. The molecular weight excluding hydrogens is 288 g/mol. The molecule has 118 valence electrons. The number of methoxy groups -OCH3 is 1. The molecule has 0 aliphatic heterocycles. The van der Waals surface area contributed by atoms with Crippen LogP contribution in [0.4, 0.5) is 0 Å². The van der Waals surface area contributed by atoms with Gasteiger partial charge in [0.15, 0.2) is 0 Å². The predicted molar refractivity (Wildman–Crippen MR) is 97.6 cm³/mol. The second-order valence-corrected chi connectivity index (χ2v) is 6.79. The van der Waals surface area contributed by atoms with Gasteiger partial charge in [0.25, 0.3) is 0 Å². The Kier molecular flexibility index (Phi) is 7.01. The summed E-state index contributed by atoms with van der Waals surface area (Å²) in [5.41, 5.74) is 2.59. The Hall–Kier alpha value is -1.25. The van der Waals surface area contributed by atoms with Crippen molar-refractivity contribution in [3.63, 3.8) is 0 Å². The minimum atomic E-state index is -0.113. The van der Waals surface area contributed by atoms with E-state index in [0.717, 1.165) is 19.3 Å². The van der Waals surface area contributed by atoms with E-state index in [9.17, 15) is 0 Å². The molecule has 0 unspecified atom stereocenters. The average molecular weight is 314 g/mol. The van der Waals surface area contributed by atoms with Crippen molar-refractivity contribution in [2.75, 3.05) is 19.1 Å². The molecule has 0 amide bonds. The second kappa shape index (κ2) is 9.02. The van der Waals surface area contributed by atoms with Gasteiger partial charge in [-0.15, -0.1) is 0 Å². The molecule has 0 aromatic heterocycles. The Balaban J connectivity index is 2.17. The predicted octanol–water partition coefficient (Wildman–Crippen LogP) is 5.00. The lowest BCUT2D eigenvalue weighted by atomic mass is 9.84. The standard InChI is InChI=1S/C20H26OS/c1-21-20(14-9-15-22-2,16-18-10-5-3-6-11-18)17-19-12-7-4-8-13-19/h3-8,10-13H,9,14-17H2,1-2H3. The molecule has 2 rings (SSSR count). The first kappa shape index (κ1) is 17.1. The first-order valence-electron chi connectivity index (χ1n) is 7.90. The molecule has 1 nitrogen and oxygen atoms in total. The Labute approximate surface area is 139 Å². The van der Waals surface area contributed by atoms with E-state index >= 15 is 0 Å². The highest BCUT2D eigenvalue weighted by Crippen LogP contribution is 2.28. The van der Waals surface area contributed by atoms with E-state index in [2.05, 4.69) is 66.9 Å². The van der Waals surface area contributed by atoms with Gasteiger partial charge < -0.3 is 4.74 Å². The van der Waals surface area contributed by atoms with Crippen molar-refractivity contribution in [2.24, 2.45) is 0 Å². The minimum Gasteiger partial charge on any atom is -0.378 e. The van der Waals surface area contributed by atoms with Crippen LogP contribution in [0.3, 0.4) is 0 Å². The van der Waals surface area contributed by atoms with E-state index < -0.39 is 0 Å². The van der Waals surface area contributed by atoms with Gasteiger partial charge >= 0.3 is 0 Å². The summed E-state index contributed by atoms with van der Waals surface area (Å²) in [6.45, 7) is 0. The molecule has 22 heavy (non-hydrogen) atoms. The van der Waals surface area contributed by atoms with Gasteiger partial charge in [0.2, 0.25) is 0 Å². The molecule has 2 aromatic rings. The molecule has 0 saturated heterocycles. The van der Waals surface area contributed by atoms with Gasteiger partial charge in [-0.05, 0) is 36.0 Å². The third-order valence-electron chi connectivity index (χ3n) is 4.15. The van der Waals surface area contributed by atoms with Crippen molar-refractivity contribution in [3.05, 3.63) is 71.8 Å². The lowest BCUT2D eigenvalue weighted by molar-refractivity contribution is -0.0172. The Morgan fingerprint density at radius 2 is 1.36 bits per heavy atom. The van der Waals surface area contributed by atoms with Crippen molar-refractivity contribution >= 4 is 11.8 Å². The topological polar surface area (TPSA) is 9.23 Å². The zero-order valence-electron chi connectivity index (χ0n) is 13.6. The molecule has 0 heterocycles. The largest absolute Gasteiger partial charge is 0.378 e. The molecule has 0 bridgehead atoms. The van der Waals surface area contributed by atoms with E-state index in [4.69, 9.17) is 4.74 Å². The summed E-state index contributed by atoms with van der Waals surface area (Å²) in [7, 11) is 1.87. The van der Waals surface area contributed by atoms with Crippen LogP contribution in [0.5, 0.6) is 0 Å². The van der Waals surface area contributed by atoms with Crippen LogP contribution in [0.25, 0.3) is 0 Å². The van der Waals surface area contributed by atoms with Crippen LogP contribution in [0.2, 0.25) is 0 Å². The number of rotatable bonds is 9. The Morgan fingerprint density at radius 1 is 0.864 bits per heavy atom. The number of hydrogen-bond acceptors (Lipinski definition) is 2. The third kappa shape index (κ3) is 5.19. The summed E-state index contributed by atoms with van der Waals surface area (Å²) in [5, 5.41) is 0.